The Morgan fingerprint density at radius 2 is 1.71 bits per heavy atom. The predicted octanol–water partition coefficient (Wildman–Crippen LogP) is 4.89. The molecule has 2 aromatic carbocycles. The van der Waals surface area contributed by atoms with Gasteiger partial charge in [0.25, 0.3) is 0 Å². The first-order valence-corrected chi connectivity index (χ1v) is 11.1. The molecule has 1 saturated heterocycles. The van der Waals surface area contributed by atoms with Gasteiger partial charge in [-0.05, 0) is 41.5 Å². The average molecular weight is 478 g/mol. The van der Waals surface area contributed by atoms with Crippen LogP contribution in [0.1, 0.15) is 11.1 Å². The highest BCUT2D eigenvalue weighted by molar-refractivity contribution is 7.80. The average Bonchev–Trinajstić information content (AvgIpc) is 3.19. The van der Waals surface area contributed by atoms with Crippen molar-refractivity contribution in [1.82, 2.24) is 19.6 Å². The van der Waals surface area contributed by atoms with Gasteiger partial charge >= 0.3 is 0 Å². The molecule has 162 valence electrons. The fourth-order valence-corrected chi connectivity index (χ4v) is 4.22. The van der Waals surface area contributed by atoms with Crippen molar-refractivity contribution >= 4 is 46.4 Å². The third kappa shape index (κ3) is 5.74. The molecule has 1 N–H and O–H groups in total. The quantitative estimate of drug-likeness (QED) is 0.529. The van der Waals surface area contributed by atoms with Crippen LogP contribution in [-0.2, 0) is 13.1 Å². The molecule has 4 rings (SSSR count). The van der Waals surface area contributed by atoms with E-state index in [4.69, 9.17) is 35.4 Å². The van der Waals surface area contributed by atoms with Gasteiger partial charge in [-0.1, -0.05) is 47.5 Å². The molecule has 0 amide bonds. The van der Waals surface area contributed by atoms with Crippen molar-refractivity contribution in [2.24, 2.45) is 0 Å². The van der Waals surface area contributed by atoms with Gasteiger partial charge in [0, 0.05) is 55.0 Å². The van der Waals surface area contributed by atoms with Gasteiger partial charge in [-0.25, -0.2) is 4.39 Å². The van der Waals surface area contributed by atoms with E-state index in [9.17, 15) is 4.39 Å². The standard InChI is InChI=1S/C22H22Cl2FN5S/c23-19-4-2-1-3-16(19)15-30-8-7-21(27-30)26-22(31)29-11-9-28(10-12-29)14-17-5-6-18(25)13-20(17)24/h1-8,13H,9-12,14-15H2,(H,26,27,31). The number of nitrogens with zero attached hydrogens (tertiary/aromatic N) is 4. The van der Waals surface area contributed by atoms with E-state index < -0.39 is 0 Å². The number of aromatic nitrogens is 2. The minimum atomic E-state index is -0.315. The summed E-state index contributed by atoms with van der Waals surface area (Å²) in [5, 5.41) is 9.61. The molecule has 31 heavy (non-hydrogen) atoms. The molecular weight excluding hydrogens is 456 g/mol. The van der Waals surface area contributed by atoms with E-state index >= 15 is 0 Å². The molecule has 1 aromatic heterocycles. The molecule has 0 spiro atoms. The van der Waals surface area contributed by atoms with Crippen LogP contribution in [0.2, 0.25) is 10.0 Å². The number of benzene rings is 2. The van der Waals surface area contributed by atoms with E-state index in [1.54, 1.807) is 6.07 Å². The Labute approximate surface area is 196 Å². The highest BCUT2D eigenvalue weighted by Crippen LogP contribution is 2.20. The minimum absolute atomic E-state index is 0.315. The number of hydrogen-bond donors (Lipinski definition) is 1. The summed E-state index contributed by atoms with van der Waals surface area (Å²) >= 11 is 18.0. The molecule has 0 aliphatic carbocycles. The Morgan fingerprint density at radius 3 is 2.45 bits per heavy atom. The summed E-state index contributed by atoms with van der Waals surface area (Å²) in [7, 11) is 0. The zero-order valence-corrected chi connectivity index (χ0v) is 19.1. The highest BCUT2D eigenvalue weighted by atomic mass is 35.5. The Bertz CT molecular complexity index is 1070. The van der Waals surface area contributed by atoms with Crippen molar-refractivity contribution < 1.29 is 4.39 Å². The van der Waals surface area contributed by atoms with Crippen molar-refractivity contribution in [3.8, 4) is 0 Å². The second kappa shape index (κ2) is 9.96. The molecule has 1 aliphatic heterocycles. The molecule has 0 atom stereocenters. The van der Waals surface area contributed by atoms with Crippen LogP contribution in [0.4, 0.5) is 10.2 Å². The smallest absolute Gasteiger partial charge is 0.174 e. The van der Waals surface area contributed by atoms with Gasteiger partial charge in [-0.3, -0.25) is 9.58 Å². The van der Waals surface area contributed by atoms with Gasteiger partial charge in [-0.15, -0.1) is 0 Å². The number of halogens is 3. The normalized spacial score (nSPS) is 14.6. The van der Waals surface area contributed by atoms with Crippen molar-refractivity contribution in [3.63, 3.8) is 0 Å². The van der Waals surface area contributed by atoms with E-state index in [-0.39, 0.29) is 5.82 Å². The Morgan fingerprint density at radius 1 is 0.968 bits per heavy atom. The monoisotopic (exact) mass is 477 g/mol. The number of hydrogen-bond acceptors (Lipinski definition) is 3. The van der Waals surface area contributed by atoms with Gasteiger partial charge in [-0.2, -0.15) is 5.10 Å². The maximum absolute atomic E-state index is 13.2. The number of nitrogens with one attached hydrogen (secondary N) is 1. The molecular formula is C22H22Cl2FN5S. The number of thiocarbonyl (C=S) groups is 1. The van der Waals surface area contributed by atoms with Crippen LogP contribution in [0.5, 0.6) is 0 Å². The summed E-state index contributed by atoms with van der Waals surface area (Å²) in [5.74, 6) is 0.391. The first-order chi connectivity index (χ1) is 15.0. The second-order valence-electron chi connectivity index (χ2n) is 7.42. The second-order valence-corrected chi connectivity index (χ2v) is 8.62. The topological polar surface area (TPSA) is 36.3 Å². The van der Waals surface area contributed by atoms with Gasteiger partial charge in [0.15, 0.2) is 10.9 Å². The van der Waals surface area contributed by atoms with Gasteiger partial charge in [0.2, 0.25) is 0 Å². The summed E-state index contributed by atoms with van der Waals surface area (Å²) in [6.45, 7) is 4.57. The van der Waals surface area contributed by atoms with Crippen molar-refractivity contribution in [2.45, 2.75) is 13.1 Å². The molecule has 2 heterocycles. The molecule has 0 saturated carbocycles. The number of anilines is 1. The van der Waals surface area contributed by atoms with E-state index in [1.807, 2.05) is 41.2 Å². The van der Waals surface area contributed by atoms with E-state index in [0.717, 1.165) is 42.3 Å². The van der Waals surface area contributed by atoms with Crippen LogP contribution in [-0.4, -0.2) is 50.9 Å². The maximum atomic E-state index is 13.2. The van der Waals surface area contributed by atoms with Crippen LogP contribution < -0.4 is 5.32 Å². The fourth-order valence-electron chi connectivity index (χ4n) is 3.51. The third-order valence-corrected chi connectivity index (χ3v) is 6.32. The Kier molecular flexibility index (Phi) is 7.07. The largest absolute Gasteiger partial charge is 0.346 e. The first-order valence-electron chi connectivity index (χ1n) is 9.97. The molecule has 0 bridgehead atoms. The summed E-state index contributed by atoms with van der Waals surface area (Å²) < 4.78 is 15.1. The summed E-state index contributed by atoms with van der Waals surface area (Å²) in [5.41, 5.74) is 1.94. The first kappa shape index (κ1) is 22.0. The summed E-state index contributed by atoms with van der Waals surface area (Å²) in [4.78, 5) is 4.42. The Hall–Kier alpha value is -2.19. The number of rotatable bonds is 5. The SMILES string of the molecule is Fc1ccc(CN2CCN(C(=S)Nc3ccn(Cc4ccccc4Cl)n3)CC2)c(Cl)c1. The minimum Gasteiger partial charge on any atom is -0.346 e. The van der Waals surface area contributed by atoms with Crippen molar-refractivity contribution in [2.75, 3.05) is 31.5 Å². The third-order valence-electron chi connectivity index (χ3n) is 5.23. The van der Waals surface area contributed by atoms with Gasteiger partial charge in [0.05, 0.1) is 6.54 Å². The highest BCUT2D eigenvalue weighted by Gasteiger charge is 2.20. The predicted molar refractivity (Wildman–Crippen MR) is 127 cm³/mol. The van der Waals surface area contributed by atoms with Crippen LogP contribution in [0, 0.1) is 5.82 Å². The van der Waals surface area contributed by atoms with Crippen LogP contribution >= 0.6 is 35.4 Å². The summed E-state index contributed by atoms with van der Waals surface area (Å²) in [6, 6.07) is 14.2. The lowest BCUT2D eigenvalue weighted by atomic mass is 10.2. The lowest BCUT2D eigenvalue weighted by Crippen LogP contribution is -2.49. The molecule has 1 aliphatic rings. The Balaban J connectivity index is 1.27. The van der Waals surface area contributed by atoms with Gasteiger partial charge in [0.1, 0.15) is 5.82 Å². The van der Waals surface area contributed by atoms with Crippen molar-refractivity contribution in [3.05, 3.63) is 81.7 Å². The maximum Gasteiger partial charge on any atom is 0.174 e. The molecule has 5 nitrogen and oxygen atoms in total. The number of piperazine rings is 1. The fraction of sp³-hybridized carbons (Fsp3) is 0.273. The molecule has 0 unspecified atom stereocenters. The van der Waals surface area contributed by atoms with E-state index in [1.165, 1.54) is 12.1 Å². The van der Waals surface area contributed by atoms with Gasteiger partial charge < -0.3 is 10.2 Å². The lowest BCUT2D eigenvalue weighted by Gasteiger charge is -2.36. The lowest BCUT2D eigenvalue weighted by molar-refractivity contribution is 0.177. The van der Waals surface area contributed by atoms with Crippen molar-refractivity contribution in [1.29, 1.82) is 0 Å². The summed E-state index contributed by atoms with van der Waals surface area (Å²) in [6.07, 6.45) is 1.90. The zero-order chi connectivity index (χ0) is 21.8. The zero-order valence-electron chi connectivity index (χ0n) is 16.8. The molecule has 0 radical (unpaired) electrons. The molecule has 1 fully saturated rings. The van der Waals surface area contributed by atoms with E-state index in [2.05, 4.69) is 20.2 Å². The molecule has 3 aromatic rings. The van der Waals surface area contributed by atoms with Crippen LogP contribution in [0.15, 0.2) is 54.7 Å². The van der Waals surface area contributed by atoms with Crippen LogP contribution in [0.3, 0.4) is 0 Å². The van der Waals surface area contributed by atoms with E-state index in [0.29, 0.717) is 29.0 Å². The molecule has 9 heteroatoms. The van der Waals surface area contributed by atoms with Crippen LogP contribution in [0.25, 0.3) is 0 Å².